The summed E-state index contributed by atoms with van der Waals surface area (Å²) in [5.74, 6) is -0.310. The Labute approximate surface area is 160 Å². The van der Waals surface area contributed by atoms with Gasteiger partial charge in [-0.05, 0) is 36.5 Å². The highest BCUT2D eigenvalue weighted by Gasteiger charge is 2.16. The van der Waals surface area contributed by atoms with Crippen LogP contribution >= 0.6 is 0 Å². The fourth-order valence-electron chi connectivity index (χ4n) is 2.76. The third-order valence-corrected chi connectivity index (χ3v) is 4.14. The Morgan fingerprint density at radius 1 is 1.04 bits per heavy atom. The van der Waals surface area contributed by atoms with Gasteiger partial charge in [-0.1, -0.05) is 61.9 Å². The molecule has 5 heteroatoms. The van der Waals surface area contributed by atoms with Gasteiger partial charge >= 0.3 is 12.1 Å². The van der Waals surface area contributed by atoms with Gasteiger partial charge in [0.2, 0.25) is 0 Å². The van der Waals surface area contributed by atoms with Crippen LogP contribution in [0.3, 0.4) is 0 Å². The molecular formula is C22H27NO4. The highest BCUT2D eigenvalue weighted by Crippen LogP contribution is 2.26. The first kappa shape index (κ1) is 20.5. The number of nitrogens with one attached hydrogen (secondary N) is 1. The van der Waals surface area contributed by atoms with Gasteiger partial charge in [-0.3, -0.25) is 10.1 Å². The molecule has 1 unspecified atom stereocenters. The average Bonchev–Trinajstić information content (AvgIpc) is 2.67. The highest BCUT2D eigenvalue weighted by molar-refractivity contribution is 5.85. The first-order chi connectivity index (χ1) is 13.1. The van der Waals surface area contributed by atoms with E-state index in [2.05, 4.69) is 5.32 Å². The lowest BCUT2D eigenvalue weighted by atomic mass is 10.00. The Bertz CT molecular complexity index is 730. The number of amides is 1. The van der Waals surface area contributed by atoms with Crippen molar-refractivity contribution < 1.29 is 19.1 Å². The zero-order valence-corrected chi connectivity index (χ0v) is 15.9. The van der Waals surface area contributed by atoms with Crippen LogP contribution in [0.25, 0.3) is 0 Å². The van der Waals surface area contributed by atoms with Crippen molar-refractivity contribution in [2.75, 3.05) is 11.9 Å². The first-order valence-corrected chi connectivity index (χ1v) is 9.34. The number of esters is 1. The number of hydrogen-bond acceptors (Lipinski definition) is 4. The second-order valence-corrected chi connectivity index (χ2v) is 6.32. The van der Waals surface area contributed by atoms with Crippen LogP contribution in [-0.4, -0.2) is 18.7 Å². The molecule has 0 fully saturated rings. The molecule has 1 atom stereocenters. The van der Waals surface area contributed by atoms with Gasteiger partial charge in [0.25, 0.3) is 0 Å². The SMILES string of the molecule is CCCCOC(=O)Nc1ccccc1CCC(OC(C)=O)c1ccccc1. The minimum atomic E-state index is -0.449. The standard InChI is InChI=1S/C22H27NO4/c1-3-4-16-26-22(25)23-20-13-9-8-10-18(20)14-15-21(27-17(2)24)19-11-6-5-7-12-19/h5-13,21H,3-4,14-16H2,1-2H3,(H,23,25). The van der Waals surface area contributed by atoms with Gasteiger partial charge in [-0.15, -0.1) is 0 Å². The summed E-state index contributed by atoms with van der Waals surface area (Å²) in [5, 5.41) is 2.80. The Kier molecular flexibility index (Phi) is 8.36. The number of para-hydroxylation sites is 1. The summed E-state index contributed by atoms with van der Waals surface area (Å²) in [6.45, 7) is 3.87. The molecule has 27 heavy (non-hydrogen) atoms. The monoisotopic (exact) mass is 369 g/mol. The second-order valence-electron chi connectivity index (χ2n) is 6.32. The summed E-state index contributed by atoms with van der Waals surface area (Å²) in [5.41, 5.74) is 2.64. The lowest BCUT2D eigenvalue weighted by Gasteiger charge is -2.18. The predicted octanol–water partition coefficient (Wildman–Crippen LogP) is 5.27. The minimum Gasteiger partial charge on any atom is -0.458 e. The number of carbonyl (C=O) groups is 2. The summed E-state index contributed by atoms with van der Waals surface area (Å²) >= 11 is 0. The normalized spacial score (nSPS) is 11.5. The van der Waals surface area contributed by atoms with Crippen molar-refractivity contribution >= 4 is 17.7 Å². The molecule has 0 saturated heterocycles. The Morgan fingerprint density at radius 2 is 1.74 bits per heavy atom. The van der Waals surface area contributed by atoms with E-state index in [9.17, 15) is 9.59 Å². The van der Waals surface area contributed by atoms with E-state index in [4.69, 9.17) is 9.47 Å². The topological polar surface area (TPSA) is 64.6 Å². The number of unbranched alkanes of at least 4 members (excludes halogenated alkanes) is 1. The van der Waals surface area contributed by atoms with Crippen molar-refractivity contribution in [1.29, 1.82) is 0 Å². The number of rotatable bonds is 9. The number of hydrogen-bond donors (Lipinski definition) is 1. The molecule has 0 saturated carbocycles. The molecule has 0 spiro atoms. The maximum absolute atomic E-state index is 11.9. The van der Waals surface area contributed by atoms with Gasteiger partial charge in [-0.2, -0.15) is 0 Å². The van der Waals surface area contributed by atoms with E-state index in [0.29, 0.717) is 25.1 Å². The van der Waals surface area contributed by atoms with Crippen molar-refractivity contribution in [2.45, 2.75) is 45.6 Å². The Balaban J connectivity index is 2.03. The first-order valence-electron chi connectivity index (χ1n) is 9.34. The van der Waals surface area contributed by atoms with E-state index in [1.165, 1.54) is 6.92 Å². The zero-order valence-electron chi connectivity index (χ0n) is 15.9. The molecule has 0 bridgehead atoms. The van der Waals surface area contributed by atoms with Crippen LogP contribution in [0.5, 0.6) is 0 Å². The Morgan fingerprint density at radius 3 is 2.44 bits per heavy atom. The fraction of sp³-hybridized carbons (Fsp3) is 0.364. The van der Waals surface area contributed by atoms with E-state index < -0.39 is 6.09 Å². The molecule has 0 aliphatic rings. The molecular weight excluding hydrogens is 342 g/mol. The van der Waals surface area contributed by atoms with Gasteiger partial charge in [0, 0.05) is 12.6 Å². The van der Waals surface area contributed by atoms with E-state index >= 15 is 0 Å². The van der Waals surface area contributed by atoms with Crippen LogP contribution < -0.4 is 5.32 Å². The molecule has 2 rings (SSSR count). The van der Waals surface area contributed by atoms with E-state index in [-0.39, 0.29) is 12.1 Å². The highest BCUT2D eigenvalue weighted by atomic mass is 16.5. The lowest BCUT2D eigenvalue weighted by molar-refractivity contribution is -0.147. The number of carbonyl (C=O) groups excluding carboxylic acids is 2. The third kappa shape index (κ3) is 7.13. The number of anilines is 1. The van der Waals surface area contributed by atoms with Gasteiger partial charge in [0.05, 0.1) is 6.61 Å². The van der Waals surface area contributed by atoms with Crippen molar-refractivity contribution in [3.63, 3.8) is 0 Å². The van der Waals surface area contributed by atoms with E-state index in [1.54, 1.807) is 0 Å². The molecule has 0 heterocycles. The van der Waals surface area contributed by atoms with Crippen molar-refractivity contribution in [2.24, 2.45) is 0 Å². The summed E-state index contributed by atoms with van der Waals surface area (Å²) < 4.78 is 10.7. The fourth-order valence-corrected chi connectivity index (χ4v) is 2.76. The molecule has 0 radical (unpaired) electrons. The lowest BCUT2D eigenvalue weighted by Crippen LogP contribution is -2.16. The maximum atomic E-state index is 11.9. The van der Waals surface area contributed by atoms with Gasteiger partial charge in [0.1, 0.15) is 6.10 Å². The van der Waals surface area contributed by atoms with Crippen molar-refractivity contribution in [1.82, 2.24) is 0 Å². The summed E-state index contributed by atoms with van der Waals surface area (Å²) in [6.07, 6.45) is 2.31. The zero-order chi connectivity index (χ0) is 19.5. The molecule has 144 valence electrons. The van der Waals surface area contributed by atoms with Gasteiger partial charge in [-0.25, -0.2) is 4.79 Å². The molecule has 1 N–H and O–H groups in total. The van der Waals surface area contributed by atoms with E-state index in [1.807, 2.05) is 61.5 Å². The van der Waals surface area contributed by atoms with Gasteiger partial charge < -0.3 is 9.47 Å². The van der Waals surface area contributed by atoms with E-state index in [0.717, 1.165) is 24.0 Å². The average molecular weight is 369 g/mol. The smallest absolute Gasteiger partial charge is 0.411 e. The minimum absolute atomic E-state index is 0.310. The summed E-state index contributed by atoms with van der Waals surface area (Å²) in [7, 11) is 0. The van der Waals surface area contributed by atoms with Crippen molar-refractivity contribution in [3.05, 3.63) is 65.7 Å². The number of ether oxygens (including phenoxy) is 2. The third-order valence-electron chi connectivity index (χ3n) is 4.14. The molecule has 2 aromatic rings. The number of aryl methyl sites for hydroxylation is 1. The van der Waals surface area contributed by atoms with Crippen LogP contribution in [0.4, 0.5) is 10.5 Å². The van der Waals surface area contributed by atoms with Gasteiger partial charge in [0.15, 0.2) is 0 Å². The number of benzene rings is 2. The summed E-state index contributed by atoms with van der Waals surface area (Å²) in [4.78, 5) is 23.4. The van der Waals surface area contributed by atoms with Crippen LogP contribution in [-0.2, 0) is 20.7 Å². The molecule has 0 aliphatic heterocycles. The largest absolute Gasteiger partial charge is 0.458 e. The Hall–Kier alpha value is -2.82. The maximum Gasteiger partial charge on any atom is 0.411 e. The van der Waals surface area contributed by atoms with Crippen LogP contribution in [0.1, 0.15) is 50.3 Å². The summed E-state index contributed by atoms with van der Waals surface area (Å²) in [6, 6.07) is 17.3. The van der Waals surface area contributed by atoms with Crippen molar-refractivity contribution in [3.8, 4) is 0 Å². The molecule has 0 aliphatic carbocycles. The van der Waals surface area contributed by atoms with Crippen LogP contribution in [0.2, 0.25) is 0 Å². The van der Waals surface area contributed by atoms with Crippen LogP contribution in [0, 0.1) is 0 Å². The molecule has 5 nitrogen and oxygen atoms in total. The molecule has 0 aromatic heterocycles. The van der Waals surface area contributed by atoms with Crippen LogP contribution in [0.15, 0.2) is 54.6 Å². The predicted molar refractivity (Wildman–Crippen MR) is 106 cm³/mol. The quantitative estimate of drug-likeness (QED) is 0.483. The molecule has 2 aromatic carbocycles. The molecule has 1 amide bonds. The second kappa shape index (κ2) is 11.0.